The third-order valence-corrected chi connectivity index (χ3v) is 4.37. The van der Waals surface area contributed by atoms with E-state index >= 15 is 0 Å². The Bertz CT molecular complexity index is 407. The largest absolute Gasteiger partial charge is 0.328 e. The van der Waals surface area contributed by atoms with Crippen molar-refractivity contribution in [3.05, 3.63) is 36.1 Å². The Hall–Kier alpha value is -1.35. The molecule has 0 bridgehead atoms. The number of amides is 1. The summed E-state index contributed by atoms with van der Waals surface area (Å²) in [7, 11) is 0. The summed E-state index contributed by atoms with van der Waals surface area (Å²) in [6, 6.07) is 0.278. The zero-order valence-corrected chi connectivity index (χ0v) is 12.2. The van der Waals surface area contributed by atoms with E-state index in [0.717, 1.165) is 31.4 Å². The number of carbonyl (C=O) groups excluding carboxylic acids is 1. The van der Waals surface area contributed by atoms with E-state index in [0.29, 0.717) is 0 Å². The van der Waals surface area contributed by atoms with Crippen LogP contribution in [0.3, 0.4) is 0 Å². The SMILES string of the molecule is C=C/C(=C\C=C1CCCC1)NC(=O)C1CCC(N)CC1. The normalized spacial score (nSPS) is 27.2. The van der Waals surface area contributed by atoms with Gasteiger partial charge in [-0.2, -0.15) is 0 Å². The maximum absolute atomic E-state index is 12.2. The molecule has 1 amide bonds. The average molecular weight is 274 g/mol. The van der Waals surface area contributed by atoms with Crippen LogP contribution in [0.2, 0.25) is 0 Å². The summed E-state index contributed by atoms with van der Waals surface area (Å²) >= 11 is 0. The van der Waals surface area contributed by atoms with E-state index in [1.165, 1.54) is 31.3 Å². The fourth-order valence-corrected chi connectivity index (χ4v) is 2.99. The lowest BCUT2D eigenvalue weighted by atomic mass is 9.86. The molecular weight excluding hydrogens is 248 g/mol. The molecule has 2 aliphatic carbocycles. The second kappa shape index (κ2) is 7.44. The Morgan fingerprint density at radius 2 is 1.85 bits per heavy atom. The van der Waals surface area contributed by atoms with Crippen LogP contribution in [0, 0.1) is 5.92 Å². The van der Waals surface area contributed by atoms with Gasteiger partial charge in [0, 0.05) is 17.7 Å². The molecule has 0 aromatic heterocycles. The highest BCUT2D eigenvalue weighted by molar-refractivity contribution is 5.81. The van der Waals surface area contributed by atoms with Crippen LogP contribution in [-0.4, -0.2) is 11.9 Å². The van der Waals surface area contributed by atoms with Crippen LogP contribution in [-0.2, 0) is 4.79 Å². The molecule has 0 spiro atoms. The van der Waals surface area contributed by atoms with Crippen LogP contribution in [0.5, 0.6) is 0 Å². The second-order valence-electron chi connectivity index (χ2n) is 5.96. The maximum atomic E-state index is 12.2. The molecule has 3 heteroatoms. The van der Waals surface area contributed by atoms with Crippen molar-refractivity contribution in [1.29, 1.82) is 0 Å². The topological polar surface area (TPSA) is 55.1 Å². The van der Waals surface area contributed by atoms with Crippen molar-refractivity contribution >= 4 is 5.91 Å². The van der Waals surface area contributed by atoms with E-state index in [1.807, 2.05) is 6.08 Å². The number of rotatable bonds is 4. The highest BCUT2D eigenvalue weighted by atomic mass is 16.1. The molecule has 0 aromatic carbocycles. The lowest BCUT2D eigenvalue weighted by molar-refractivity contribution is -0.125. The first-order valence-corrected chi connectivity index (χ1v) is 7.77. The van der Waals surface area contributed by atoms with Gasteiger partial charge in [-0.1, -0.05) is 18.2 Å². The van der Waals surface area contributed by atoms with Crippen molar-refractivity contribution in [3.8, 4) is 0 Å². The molecule has 0 radical (unpaired) electrons. The molecule has 110 valence electrons. The molecular formula is C17H26N2O. The molecule has 20 heavy (non-hydrogen) atoms. The molecule has 0 heterocycles. The first-order valence-electron chi connectivity index (χ1n) is 7.77. The van der Waals surface area contributed by atoms with Crippen molar-refractivity contribution in [2.75, 3.05) is 0 Å². The lowest BCUT2D eigenvalue weighted by Gasteiger charge is -2.25. The van der Waals surface area contributed by atoms with Gasteiger partial charge in [-0.15, -0.1) is 0 Å². The van der Waals surface area contributed by atoms with E-state index in [2.05, 4.69) is 18.0 Å². The summed E-state index contributed by atoms with van der Waals surface area (Å²) in [5, 5.41) is 2.99. The van der Waals surface area contributed by atoms with Gasteiger partial charge < -0.3 is 11.1 Å². The quantitative estimate of drug-likeness (QED) is 0.774. The molecule has 3 N–H and O–H groups in total. The fraction of sp³-hybridized carbons (Fsp3) is 0.588. The monoisotopic (exact) mass is 274 g/mol. The minimum Gasteiger partial charge on any atom is -0.328 e. The van der Waals surface area contributed by atoms with Crippen LogP contribution >= 0.6 is 0 Å². The first kappa shape index (κ1) is 15.0. The zero-order chi connectivity index (χ0) is 14.4. The molecule has 0 unspecified atom stereocenters. The van der Waals surface area contributed by atoms with E-state index in [1.54, 1.807) is 6.08 Å². The summed E-state index contributed by atoms with van der Waals surface area (Å²) in [5.74, 6) is 0.227. The van der Waals surface area contributed by atoms with Gasteiger partial charge >= 0.3 is 0 Å². The number of hydrogen-bond donors (Lipinski definition) is 2. The summed E-state index contributed by atoms with van der Waals surface area (Å²) in [5.41, 5.74) is 8.16. The Labute approximate surface area is 122 Å². The van der Waals surface area contributed by atoms with Crippen LogP contribution < -0.4 is 11.1 Å². The Morgan fingerprint density at radius 1 is 1.20 bits per heavy atom. The third kappa shape index (κ3) is 4.34. The minimum absolute atomic E-state index is 0.109. The smallest absolute Gasteiger partial charge is 0.227 e. The molecule has 0 aliphatic heterocycles. The number of carbonyl (C=O) groups is 1. The lowest BCUT2D eigenvalue weighted by Crippen LogP contribution is -2.35. The van der Waals surface area contributed by atoms with E-state index < -0.39 is 0 Å². The van der Waals surface area contributed by atoms with Crippen molar-refractivity contribution in [2.45, 2.75) is 57.4 Å². The van der Waals surface area contributed by atoms with Crippen LogP contribution in [0.25, 0.3) is 0 Å². The first-order chi connectivity index (χ1) is 9.69. The molecule has 2 saturated carbocycles. The number of allylic oxidation sites excluding steroid dienone is 4. The summed E-state index contributed by atoms with van der Waals surface area (Å²) in [6.45, 7) is 3.78. The van der Waals surface area contributed by atoms with Crippen LogP contribution in [0.15, 0.2) is 36.1 Å². The Kier molecular flexibility index (Phi) is 5.60. The molecule has 3 nitrogen and oxygen atoms in total. The highest BCUT2D eigenvalue weighted by Gasteiger charge is 2.24. The van der Waals surface area contributed by atoms with Crippen LogP contribution in [0.1, 0.15) is 51.4 Å². The molecule has 2 rings (SSSR count). The fourth-order valence-electron chi connectivity index (χ4n) is 2.99. The van der Waals surface area contributed by atoms with E-state index in [4.69, 9.17) is 5.73 Å². The van der Waals surface area contributed by atoms with Gasteiger partial charge in [-0.05, 0) is 63.5 Å². The summed E-state index contributed by atoms with van der Waals surface area (Å²) < 4.78 is 0. The van der Waals surface area contributed by atoms with Gasteiger partial charge in [-0.25, -0.2) is 0 Å². The minimum atomic E-state index is 0.109. The average Bonchev–Trinajstić information content (AvgIpc) is 2.97. The Morgan fingerprint density at radius 3 is 2.45 bits per heavy atom. The number of nitrogens with two attached hydrogens (primary N) is 1. The highest BCUT2D eigenvalue weighted by Crippen LogP contribution is 2.24. The summed E-state index contributed by atoms with van der Waals surface area (Å²) in [6.07, 6.45) is 14.5. The molecule has 0 aromatic rings. The molecule has 2 aliphatic rings. The number of nitrogens with one attached hydrogen (secondary N) is 1. The van der Waals surface area contributed by atoms with Gasteiger partial charge in [0.05, 0.1) is 0 Å². The van der Waals surface area contributed by atoms with E-state index in [9.17, 15) is 4.79 Å². The van der Waals surface area contributed by atoms with Gasteiger partial charge in [0.25, 0.3) is 0 Å². The Balaban J connectivity index is 1.88. The number of hydrogen-bond acceptors (Lipinski definition) is 2. The van der Waals surface area contributed by atoms with Gasteiger partial charge in [0.1, 0.15) is 0 Å². The van der Waals surface area contributed by atoms with Crippen LogP contribution in [0.4, 0.5) is 0 Å². The standard InChI is InChI=1S/C17H26N2O/c1-2-16(12-7-13-5-3-4-6-13)19-17(20)14-8-10-15(18)11-9-14/h2,7,12,14-15H,1,3-6,8-11,18H2,(H,19,20)/b16-12+. The van der Waals surface area contributed by atoms with Crippen molar-refractivity contribution in [1.82, 2.24) is 5.32 Å². The molecule has 2 fully saturated rings. The maximum Gasteiger partial charge on any atom is 0.227 e. The molecule has 0 atom stereocenters. The van der Waals surface area contributed by atoms with Crippen molar-refractivity contribution in [3.63, 3.8) is 0 Å². The second-order valence-corrected chi connectivity index (χ2v) is 5.96. The zero-order valence-electron chi connectivity index (χ0n) is 12.2. The summed E-state index contributed by atoms with van der Waals surface area (Å²) in [4.78, 5) is 12.2. The van der Waals surface area contributed by atoms with Gasteiger partial charge in [0.2, 0.25) is 5.91 Å². The van der Waals surface area contributed by atoms with Gasteiger partial charge in [0.15, 0.2) is 0 Å². The predicted octanol–water partition coefficient (Wildman–Crippen LogP) is 3.19. The van der Waals surface area contributed by atoms with Gasteiger partial charge in [-0.3, -0.25) is 4.79 Å². The third-order valence-electron chi connectivity index (χ3n) is 4.37. The van der Waals surface area contributed by atoms with E-state index in [-0.39, 0.29) is 17.9 Å². The molecule has 0 saturated heterocycles. The predicted molar refractivity (Wildman–Crippen MR) is 82.9 cm³/mol. The van der Waals surface area contributed by atoms with Crippen molar-refractivity contribution in [2.24, 2.45) is 11.7 Å². The van der Waals surface area contributed by atoms with Crippen molar-refractivity contribution < 1.29 is 4.79 Å².